The first-order chi connectivity index (χ1) is 23.3. The summed E-state index contributed by atoms with van der Waals surface area (Å²) < 4.78 is 59.0. The summed E-state index contributed by atoms with van der Waals surface area (Å²) in [4.78, 5) is 8.03. The summed E-state index contributed by atoms with van der Waals surface area (Å²) >= 11 is 0. The van der Waals surface area contributed by atoms with Gasteiger partial charge in [0.25, 0.3) is 0 Å². The van der Waals surface area contributed by atoms with Gasteiger partial charge in [-0.15, -0.1) is 0 Å². The van der Waals surface area contributed by atoms with E-state index in [1.165, 1.54) is 38.8 Å². The first kappa shape index (κ1) is 37.0. The maximum atomic E-state index is 14.0. The minimum Gasteiger partial charge on any atom is -0.372 e. The van der Waals surface area contributed by atoms with Gasteiger partial charge in [0.05, 0.1) is 4.90 Å². The molecule has 4 saturated heterocycles. The number of rotatable bonds is 7. The van der Waals surface area contributed by atoms with Crippen molar-refractivity contribution < 1.29 is 16.8 Å². The Labute approximate surface area is 297 Å². The molecule has 1 aromatic rings. The fourth-order valence-corrected chi connectivity index (χ4v) is 13.6. The average Bonchev–Trinajstić information content (AvgIpc) is 3.37. The molecular weight excluding hydrogens is 655 g/mol. The Morgan fingerprint density at radius 1 is 0.612 bits per heavy atom. The fourth-order valence-electron chi connectivity index (χ4n) is 9.51. The minimum absolute atomic E-state index is 0.0781. The van der Waals surface area contributed by atoms with Crippen LogP contribution in [-0.4, -0.2) is 123 Å². The number of piperazine rings is 1. The highest BCUT2D eigenvalue weighted by Crippen LogP contribution is 2.35. The van der Waals surface area contributed by atoms with Gasteiger partial charge in [-0.25, -0.2) is 21.1 Å². The molecule has 9 nitrogen and oxygen atoms in total. The molecule has 5 aliphatic rings. The van der Waals surface area contributed by atoms with Gasteiger partial charge >= 0.3 is 0 Å². The van der Waals surface area contributed by atoms with E-state index in [0.29, 0.717) is 43.2 Å². The third-order valence-corrected chi connectivity index (χ3v) is 17.2. The summed E-state index contributed by atoms with van der Waals surface area (Å²) in [7, 11) is -6.98. The number of benzene rings is 1. The van der Waals surface area contributed by atoms with Crippen LogP contribution in [0.2, 0.25) is 0 Å². The van der Waals surface area contributed by atoms with E-state index in [0.717, 1.165) is 85.4 Å². The summed E-state index contributed by atoms with van der Waals surface area (Å²) in [5.41, 5.74) is 6.00. The normalized spacial score (nSPS) is 27.2. The minimum atomic E-state index is -3.54. The molecule has 0 saturated carbocycles. The summed E-state index contributed by atoms with van der Waals surface area (Å²) in [5, 5.41) is -0.493. The van der Waals surface area contributed by atoms with Crippen molar-refractivity contribution in [3.05, 3.63) is 51.7 Å². The van der Waals surface area contributed by atoms with Gasteiger partial charge in [-0.2, -0.15) is 4.31 Å². The molecule has 0 bridgehead atoms. The van der Waals surface area contributed by atoms with E-state index < -0.39 is 25.3 Å². The molecule has 274 valence electrons. The van der Waals surface area contributed by atoms with Crippen molar-refractivity contribution in [3.63, 3.8) is 0 Å². The Kier molecular flexibility index (Phi) is 11.4. The second kappa shape index (κ2) is 15.1. The second-order valence-electron chi connectivity index (χ2n) is 15.6. The molecule has 4 heterocycles. The molecule has 0 aromatic heterocycles. The lowest BCUT2D eigenvalue weighted by Gasteiger charge is -2.44. The number of hydrogen-bond acceptors (Lipinski definition) is 7. The lowest BCUT2D eigenvalue weighted by atomic mass is 9.92. The van der Waals surface area contributed by atoms with Crippen LogP contribution in [0.1, 0.15) is 87.5 Å². The lowest BCUT2D eigenvalue weighted by Crippen LogP contribution is -2.54. The van der Waals surface area contributed by atoms with Crippen LogP contribution < -0.4 is 0 Å². The third kappa shape index (κ3) is 7.58. The Hall–Kier alpha value is -1.76. The molecule has 4 aliphatic heterocycles. The van der Waals surface area contributed by atoms with Crippen molar-refractivity contribution in [2.45, 2.75) is 115 Å². The van der Waals surface area contributed by atoms with Crippen LogP contribution in [0.3, 0.4) is 0 Å². The van der Waals surface area contributed by atoms with Gasteiger partial charge in [-0.05, 0) is 120 Å². The molecule has 11 heteroatoms. The molecule has 0 N–H and O–H groups in total. The first-order valence-electron chi connectivity index (χ1n) is 19.0. The van der Waals surface area contributed by atoms with Crippen molar-refractivity contribution in [2.75, 3.05) is 65.4 Å². The molecular formula is C38H61N5O4S2. The van der Waals surface area contributed by atoms with E-state index >= 15 is 0 Å². The topological polar surface area (TPSA) is 84.5 Å². The van der Waals surface area contributed by atoms with Crippen LogP contribution in [0.15, 0.2) is 34.4 Å². The Balaban J connectivity index is 1.01. The number of sulfonamides is 2. The quantitative estimate of drug-likeness (QED) is 0.384. The third-order valence-electron chi connectivity index (χ3n) is 12.5. The standard InChI is InChI=1S/C38H61N5O4S2/c1-28-25-29(2)38(33(6)32(28)5)49(46,47)43-23-21-41(22-24-43)34-11-17-40(18-12-34)36-26-30(3)37(31(4)27-36)48(44,45)42-19-13-35(14-20-42)39-15-9-7-8-10-16-39/h25-27,30,34-35,37H,7-24H2,1-6H3. The SMILES string of the molecule is CC1=CC(N2CCC(N3CCN(S(=O)(=O)c4c(C)cc(C)c(C)c4C)CC3)CC2)=CC(C)C1S(=O)(=O)N1CCC(N2CCCCCC2)CC1. The largest absolute Gasteiger partial charge is 0.372 e. The summed E-state index contributed by atoms with van der Waals surface area (Å²) in [6.07, 6.45) is 13.4. The van der Waals surface area contributed by atoms with Crippen LogP contribution in [-0.2, 0) is 20.0 Å². The monoisotopic (exact) mass is 715 g/mol. The fraction of sp³-hybridized carbons (Fsp3) is 0.737. The summed E-state index contributed by atoms with van der Waals surface area (Å²) in [6.45, 7) is 20.0. The van der Waals surface area contributed by atoms with E-state index in [1.54, 1.807) is 8.61 Å². The van der Waals surface area contributed by atoms with E-state index in [1.807, 2.05) is 40.7 Å². The van der Waals surface area contributed by atoms with Crippen molar-refractivity contribution in [2.24, 2.45) is 5.92 Å². The van der Waals surface area contributed by atoms with Crippen molar-refractivity contribution >= 4 is 20.0 Å². The van der Waals surface area contributed by atoms with E-state index in [9.17, 15) is 16.8 Å². The molecule has 6 rings (SSSR count). The maximum absolute atomic E-state index is 14.0. The highest BCUT2D eigenvalue weighted by Gasteiger charge is 2.41. The first-order valence-corrected chi connectivity index (χ1v) is 21.9. The zero-order valence-electron chi connectivity index (χ0n) is 31.0. The van der Waals surface area contributed by atoms with Gasteiger partial charge in [0.1, 0.15) is 5.25 Å². The highest BCUT2D eigenvalue weighted by molar-refractivity contribution is 7.90. The molecule has 1 aliphatic carbocycles. The van der Waals surface area contributed by atoms with Gasteiger partial charge < -0.3 is 9.80 Å². The van der Waals surface area contributed by atoms with Gasteiger partial charge in [-0.3, -0.25) is 4.90 Å². The van der Waals surface area contributed by atoms with Crippen LogP contribution in [0.25, 0.3) is 0 Å². The van der Waals surface area contributed by atoms with Gasteiger partial charge in [-0.1, -0.05) is 37.5 Å². The van der Waals surface area contributed by atoms with E-state index in [-0.39, 0.29) is 5.92 Å². The zero-order valence-corrected chi connectivity index (χ0v) is 32.6. The predicted molar refractivity (Wildman–Crippen MR) is 199 cm³/mol. The number of hydrogen-bond donors (Lipinski definition) is 0. The van der Waals surface area contributed by atoms with Gasteiger partial charge in [0.2, 0.25) is 20.0 Å². The van der Waals surface area contributed by atoms with Crippen molar-refractivity contribution in [1.82, 2.24) is 23.3 Å². The molecule has 0 spiro atoms. The number of aryl methyl sites for hydroxylation is 2. The summed E-state index contributed by atoms with van der Waals surface area (Å²) in [6, 6.07) is 2.95. The molecule has 2 unspecified atom stereocenters. The number of likely N-dealkylation sites (tertiary alicyclic amines) is 2. The predicted octanol–water partition coefficient (Wildman–Crippen LogP) is 5.21. The molecule has 0 amide bonds. The van der Waals surface area contributed by atoms with Crippen LogP contribution >= 0.6 is 0 Å². The van der Waals surface area contributed by atoms with E-state index in [2.05, 4.69) is 33.8 Å². The smallest absolute Gasteiger partial charge is 0.243 e. The molecule has 1 aromatic carbocycles. The van der Waals surface area contributed by atoms with Crippen LogP contribution in [0, 0.1) is 33.6 Å². The van der Waals surface area contributed by atoms with E-state index in [4.69, 9.17) is 0 Å². The summed E-state index contributed by atoms with van der Waals surface area (Å²) in [5.74, 6) is -0.0781. The van der Waals surface area contributed by atoms with Crippen LogP contribution in [0.4, 0.5) is 0 Å². The highest BCUT2D eigenvalue weighted by atomic mass is 32.2. The van der Waals surface area contributed by atoms with Crippen molar-refractivity contribution in [3.8, 4) is 0 Å². The molecule has 0 radical (unpaired) electrons. The number of piperidine rings is 2. The average molecular weight is 716 g/mol. The van der Waals surface area contributed by atoms with Gasteiger partial charge in [0.15, 0.2) is 0 Å². The molecule has 49 heavy (non-hydrogen) atoms. The second-order valence-corrected chi connectivity index (χ2v) is 19.6. The zero-order chi connectivity index (χ0) is 35.1. The molecule has 2 atom stereocenters. The lowest BCUT2D eigenvalue weighted by molar-refractivity contribution is 0.0918. The Morgan fingerprint density at radius 2 is 1.16 bits per heavy atom. The number of nitrogens with zero attached hydrogens (tertiary/aromatic N) is 5. The van der Waals surface area contributed by atoms with Gasteiger partial charge in [0, 0.05) is 70.1 Å². The van der Waals surface area contributed by atoms with Crippen molar-refractivity contribution in [1.29, 1.82) is 0 Å². The maximum Gasteiger partial charge on any atom is 0.243 e. The molecule has 4 fully saturated rings. The number of allylic oxidation sites excluding steroid dienone is 2. The Morgan fingerprint density at radius 3 is 1.73 bits per heavy atom. The Bertz CT molecular complexity index is 1620. The van der Waals surface area contributed by atoms with Crippen LogP contribution in [0.5, 0.6) is 0 Å².